The maximum Gasteiger partial charge on any atom is 0.124 e. The Kier molecular flexibility index (Phi) is 6.40. The van der Waals surface area contributed by atoms with Gasteiger partial charge in [0.2, 0.25) is 0 Å². The summed E-state index contributed by atoms with van der Waals surface area (Å²) in [5.74, 6) is -0.238. The van der Waals surface area contributed by atoms with E-state index in [4.69, 9.17) is 17.3 Å². The summed E-state index contributed by atoms with van der Waals surface area (Å²) in [5, 5.41) is 0.706. The zero-order valence-corrected chi connectivity index (χ0v) is 18.7. The number of hydrogen-bond donors (Lipinski definition) is 1. The number of anilines is 1. The van der Waals surface area contributed by atoms with Crippen LogP contribution in [0.15, 0.2) is 54.9 Å². The van der Waals surface area contributed by atoms with Gasteiger partial charge in [0.15, 0.2) is 0 Å². The van der Waals surface area contributed by atoms with Crippen LogP contribution in [0.4, 0.5) is 10.1 Å². The molecule has 160 valence electrons. The van der Waals surface area contributed by atoms with Gasteiger partial charge in [-0.3, -0.25) is 4.98 Å². The first-order valence-corrected chi connectivity index (χ1v) is 11.0. The molecule has 0 amide bonds. The molecule has 2 aromatic carbocycles. The zero-order chi connectivity index (χ0) is 22.0. The zero-order valence-electron chi connectivity index (χ0n) is 17.9. The van der Waals surface area contributed by atoms with E-state index in [1.165, 1.54) is 0 Å². The molecule has 1 fully saturated rings. The number of aromatic nitrogens is 1. The third kappa shape index (κ3) is 4.97. The number of rotatable bonds is 4. The maximum atomic E-state index is 14.2. The Balaban J connectivity index is 1.86. The van der Waals surface area contributed by atoms with Crippen molar-refractivity contribution in [3.8, 4) is 11.1 Å². The summed E-state index contributed by atoms with van der Waals surface area (Å²) in [4.78, 5) is 6.87. The van der Waals surface area contributed by atoms with E-state index >= 15 is 0 Å². The molecule has 0 bridgehead atoms. The molecular formula is C26H27ClFN3. The van der Waals surface area contributed by atoms with Crippen LogP contribution >= 0.6 is 11.6 Å². The van der Waals surface area contributed by atoms with E-state index in [0.29, 0.717) is 5.02 Å². The second kappa shape index (κ2) is 9.21. The highest BCUT2D eigenvalue weighted by atomic mass is 35.5. The summed E-state index contributed by atoms with van der Waals surface area (Å²) in [5.41, 5.74) is 13.1. The summed E-state index contributed by atoms with van der Waals surface area (Å²) in [7, 11) is 0. The van der Waals surface area contributed by atoms with Gasteiger partial charge >= 0.3 is 0 Å². The van der Waals surface area contributed by atoms with Crippen molar-refractivity contribution in [2.24, 2.45) is 5.73 Å². The van der Waals surface area contributed by atoms with Gasteiger partial charge in [-0.1, -0.05) is 29.8 Å². The lowest BCUT2D eigenvalue weighted by molar-refractivity contribution is 0.501. The molecule has 3 nitrogen and oxygen atoms in total. The molecule has 1 aliphatic heterocycles. The van der Waals surface area contributed by atoms with Crippen LogP contribution in [0.5, 0.6) is 0 Å². The lowest BCUT2D eigenvalue weighted by atomic mass is 9.96. The molecule has 5 heteroatoms. The number of hydrogen-bond acceptors (Lipinski definition) is 3. The van der Waals surface area contributed by atoms with E-state index in [1.54, 1.807) is 12.1 Å². The lowest BCUT2D eigenvalue weighted by Crippen LogP contribution is -2.40. The minimum Gasteiger partial charge on any atom is -0.370 e. The van der Waals surface area contributed by atoms with Crippen molar-refractivity contribution in [3.05, 3.63) is 82.4 Å². The first-order valence-electron chi connectivity index (χ1n) is 10.6. The molecule has 0 saturated carbocycles. The van der Waals surface area contributed by atoms with Crippen LogP contribution in [0.3, 0.4) is 0 Å². The van der Waals surface area contributed by atoms with Gasteiger partial charge in [-0.15, -0.1) is 0 Å². The molecule has 1 aromatic heterocycles. The number of piperidine rings is 1. The minimum absolute atomic E-state index is 0.227. The molecule has 1 saturated heterocycles. The van der Waals surface area contributed by atoms with Gasteiger partial charge in [0.05, 0.1) is 5.69 Å². The molecule has 2 N–H and O–H groups in total. The van der Waals surface area contributed by atoms with Gasteiger partial charge in [-0.25, -0.2) is 4.39 Å². The topological polar surface area (TPSA) is 42.2 Å². The second-order valence-electron chi connectivity index (χ2n) is 8.30. The SMILES string of the molecule is CC(=Cc1cncc(-c2cc(C)cc(F)c2)c1N1CCC(N)CC1)c1cccc(Cl)c1. The number of nitrogens with two attached hydrogens (primary N) is 1. The molecule has 2 heterocycles. The Labute approximate surface area is 188 Å². The summed E-state index contributed by atoms with van der Waals surface area (Å²) < 4.78 is 14.2. The fraction of sp³-hybridized carbons (Fsp3) is 0.269. The third-order valence-corrected chi connectivity index (χ3v) is 6.04. The van der Waals surface area contributed by atoms with Crippen LogP contribution in [-0.2, 0) is 0 Å². The normalized spacial score (nSPS) is 15.4. The fourth-order valence-corrected chi connectivity index (χ4v) is 4.40. The molecular weight excluding hydrogens is 409 g/mol. The van der Waals surface area contributed by atoms with E-state index in [1.807, 2.05) is 49.6 Å². The lowest BCUT2D eigenvalue weighted by Gasteiger charge is -2.34. The second-order valence-corrected chi connectivity index (χ2v) is 8.74. The molecule has 0 radical (unpaired) electrons. The maximum absolute atomic E-state index is 14.2. The fourth-order valence-electron chi connectivity index (χ4n) is 4.20. The number of pyridine rings is 1. The van der Waals surface area contributed by atoms with Crippen molar-refractivity contribution >= 4 is 28.9 Å². The van der Waals surface area contributed by atoms with Crippen LogP contribution in [-0.4, -0.2) is 24.1 Å². The number of aryl methyl sites for hydroxylation is 1. The Bertz CT molecular complexity index is 1100. The van der Waals surface area contributed by atoms with Crippen molar-refractivity contribution in [1.82, 2.24) is 4.98 Å². The van der Waals surface area contributed by atoms with Gasteiger partial charge in [-0.2, -0.15) is 0 Å². The molecule has 0 unspecified atom stereocenters. The summed E-state index contributed by atoms with van der Waals surface area (Å²) in [6.07, 6.45) is 7.72. The van der Waals surface area contributed by atoms with Crippen LogP contribution in [0.1, 0.15) is 36.5 Å². The summed E-state index contributed by atoms with van der Waals surface area (Å²) in [6.45, 7) is 5.71. The van der Waals surface area contributed by atoms with Crippen LogP contribution in [0.25, 0.3) is 22.8 Å². The number of halogens is 2. The van der Waals surface area contributed by atoms with E-state index in [9.17, 15) is 4.39 Å². The van der Waals surface area contributed by atoms with Crippen molar-refractivity contribution in [3.63, 3.8) is 0 Å². The van der Waals surface area contributed by atoms with Crippen molar-refractivity contribution < 1.29 is 4.39 Å². The summed E-state index contributed by atoms with van der Waals surface area (Å²) >= 11 is 6.20. The van der Waals surface area contributed by atoms with E-state index in [0.717, 1.165) is 65.0 Å². The monoisotopic (exact) mass is 435 g/mol. The predicted molar refractivity (Wildman–Crippen MR) is 129 cm³/mol. The molecule has 1 aliphatic rings. The minimum atomic E-state index is -0.238. The first-order chi connectivity index (χ1) is 14.9. The third-order valence-electron chi connectivity index (χ3n) is 5.81. The first kappa shape index (κ1) is 21.5. The van der Waals surface area contributed by atoms with Crippen molar-refractivity contribution in [2.75, 3.05) is 18.0 Å². The Hall–Kier alpha value is -2.69. The molecule has 4 rings (SSSR count). The van der Waals surface area contributed by atoms with Gasteiger partial charge in [-0.05, 0) is 79.3 Å². The van der Waals surface area contributed by atoms with E-state index in [-0.39, 0.29) is 11.9 Å². The quantitative estimate of drug-likeness (QED) is 0.520. The highest BCUT2D eigenvalue weighted by Crippen LogP contribution is 2.37. The van der Waals surface area contributed by atoms with Gasteiger partial charge in [0, 0.05) is 47.7 Å². The van der Waals surface area contributed by atoms with Crippen molar-refractivity contribution in [2.45, 2.75) is 32.7 Å². The van der Waals surface area contributed by atoms with Crippen LogP contribution in [0, 0.1) is 12.7 Å². The highest BCUT2D eigenvalue weighted by molar-refractivity contribution is 6.30. The predicted octanol–water partition coefficient (Wildman–Crippen LogP) is 6.34. The Morgan fingerprint density at radius 3 is 2.65 bits per heavy atom. The standard InChI is InChI=1S/C26H27ClFN3/c1-17-10-20(14-23(28)11-17)25-16-30-15-21(26(25)31-8-6-24(29)7-9-31)12-18(2)19-4-3-5-22(27)13-19/h3-5,10-16,24H,6-9,29H2,1-2H3. The molecule has 0 atom stereocenters. The van der Waals surface area contributed by atoms with Crippen molar-refractivity contribution in [1.29, 1.82) is 0 Å². The molecule has 0 aliphatic carbocycles. The average Bonchev–Trinajstić information content (AvgIpc) is 2.73. The van der Waals surface area contributed by atoms with Gasteiger partial charge in [0.25, 0.3) is 0 Å². The Morgan fingerprint density at radius 1 is 1.16 bits per heavy atom. The Morgan fingerprint density at radius 2 is 1.94 bits per heavy atom. The molecule has 3 aromatic rings. The number of benzene rings is 2. The van der Waals surface area contributed by atoms with Crippen LogP contribution in [0.2, 0.25) is 5.02 Å². The van der Waals surface area contributed by atoms with Gasteiger partial charge in [0.1, 0.15) is 5.82 Å². The van der Waals surface area contributed by atoms with E-state index in [2.05, 4.69) is 22.9 Å². The number of nitrogens with zero attached hydrogens (tertiary/aromatic N) is 2. The molecule has 0 spiro atoms. The van der Waals surface area contributed by atoms with Gasteiger partial charge < -0.3 is 10.6 Å². The van der Waals surface area contributed by atoms with E-state index < -0.39 is 0 Å². The van der Waals surface area contributed by atoms with Crippen LogP contribution < -0.4 is 10.6 Å². The summed E-state index contributed by atoms with van der Waals surface area (Å²) in [6, 6.07) is 13.2. The molecule has 31 heavy (non-hydrogen) atoms. The largest absolute Gasteiger partial charge is 0.370 e. The average molecular weight is 436 g/mol. The number of allylic oxidation sites excluding steroid dienone is 1. The smallest absolute Gasteiger partial charge is 0.124 e. The highest BCUT2D eigenvalue weighted by Gasteiger charge is 2.22.